The van der Waals surface area contributed by atoms with Crippen molar-refractivity contribution in [1.29, 1.82) is 0 Å². The second-order valence-corrected chi connectivity index (χ2v) is 5.21. The van der Waals surface area contributed by atoms with Gasteiger partial charge in [0.1, 0.15) is 6.42 Å². The molecule has 0 aliphatic carbocycles. The maximum Gasteiger partial charge on any atom is 0.312 e. The number of fused-ring (bicyclic) bond motifs is 2. The van der Waals surface area contributed by atoms with E-state index in [-0.39, 0.29) is 11.9 Å². The molecule has 0 aromatic rings. The number of aliphatic carboxylic acids is 1. The molecule has 0 aromatic heterocycles. The SMILES string of the molecule is CN1C2CCCC1CC(NC(=O)CC(=O)O)C2. The van der Waals surface area contributed by atoms with Crippen LogP contribution in [0.3, 0.4) is 0 Å². The summed E-state index contributed by atoms with van der Waals surface area (Å²) in [5.41, 5.74) is 0. The highest BCUT2D eigenvalue weighted by Gasteiger charge is 2.36. The van der Waals surface area contributed by atoms with Crippen molar-refractivity contribution in [1.82, 2.24) is 10.2 Å². The van der Waals surface area contributed by atoms with Crippen molar-refractivity contribution in [3.63, 3.8) is 0 Å². The Labute approximate surface area is 101 Å². The molecule has 2 aliphatic rings. The summed E-state index contributed by atoms with van der Waals surface area (Å²) in [5, 5.41) is 11.4. The number of nitrogens with one attached hydrogen (secondary N) is 1. The van der Waals surface area contributed by atoms with Crippen LogP contribution in [0.5, 0.6) is 0 Å². The van der Waals surface area contributed by atoms with Gasteiger partial charge in [-0.25, -0.2) is 0 Å². The summed E-state index contributed by atoms with van der Waals surface area (Å²) < 4.78 is 0. The van der Waals surface area contributed by atoms with Crippen LogP contribution in [0.2, 0.25) is 0 Å². The van der Waals surface area contributed by atoms with Crippen LogP contribution < -0.4 is 5.32 Å². The first-order chi connectivity index (χ1) is 8.06. The average molecular weight is 240 g/mol. The van der Waals surface area contributed by atoms with E-state index in [0.717, 1.165) is 12.8 Å². The van der Waals surface area contributed by atoms with Gasteiger partial charge in [0.05, 0.1) is 0 Å². The van der Waals surface area contributed by atoms with E-state index < -0.39 is 12.4 Å². The van der Waals surface area contributed by atoms with Crippen LogP contribution in [0.4, 0.5) is 0 Å². The minimum absolute atomic E-state index is 0.161. The zero-order valence-corrected chi connectivity index (χ0v) is 10.2. The first kappa shape index (κ1) is 12.4. The predicted octanol–water partition coefficient (Wildman–Crippen LogP) is 0.593. The third-order valence-electron chi connectivity index (χ3n) is 4.02. The molecule has 0 saturated carbocycles. The first-order valence-electron chi connectivity index (χ1n) is 6.29. The highest BCUT2D eigenvalue weighted by molar-refractivity contribution is 5.93. The Hall–Kier alpha value is -1.10. The second-order valence-electron chi connectivity index (χ2n) is 5.21. The monoisotopic (exact) mass is 240 g/mol. The lowest BCUT2D eigenvalue weighted by molar-refractivity contribution is -0.141. The van der Waals surface area contributed by atoms with Crippen molar-refractivity contribution in [2.75, 3.05) is 7.05 Å². The maximum atomic E-state index is 11.4. The lowest BCUT2D eigenvalue weighted by Gasteiger charge is -2.47. The molecule has 2 heterocycles. The van der Waals surface area contributed by atoms with Crippen LogP contribution in [0.1, 0.15) is 38.5 Å². The van der Waals surface area contributed by atoms with Gasteiger partial charge in [-0.3, -0.25) is 9.59 Å². The molecule has 2 fully saturated rings. The number of rotatable bonds is 3. The van der Waals surface area contributed by atoms with Gasteiger partial charge < -0.3 is 15.3 Å². The maximum absolute atomic E-state index is 11.4. The van der Waals surface area contributed by atoms with Crippen LogP contribution in [0.15, 0.2) is 0 Å². The zero-order chi connectivity index (χ0) is 12.4. The fourth-order valence-corrected chi connectivity index (χ4v) is 3.15. The number of carboxylic acid groups (broad SMARTS) is 1. The fourth-order valence-electron chi connectivity index (χ4n) is 3.15. The van der Waals surface area contributed by atoms with E-state index >= 15 is 0 Å². The van der Waals surface area contributed by atoms with E-state index in [2.05, 4.69) is 17.3 Å². The molecule has 2 rings (SSSR count). The minimum atomic E-state index is -1.06. The molecule has 0 spiro atoms. The average Bonchev–Trinajstić information content (AvgIpc) is 2.18. The van der Waals surface area contributed by atoms with Crippen molar-refractivity contribution < 1.29 is 14.7 Å². The van der Waals surface area contributed by atoms with E-state index in [1.807, 2.05) is 0 Å². The molecule has 2 N–H and O–H groups in total. The van der Waals surface area contributed by atoms with Crippen molar-refractivity contribution in [2.45, 2.75) is 56.7 Å². The third-order valence-corrected chi connectivity index (χ3v) is 4.02. The molecule has 2 atom stereocenters. The Morgan fingerprint density at radius 2 is 1.88 bits per heavy atom. The molecule has 2 unspecified atom stereocenters. The number of piperidine rings is 2. The summed E-state index contributed by atoms with van der Waals surface area (Å²) in [6.45, 7) is 0. The van der Waals surface area contributed by atoms with Gasteiger partial charge in [-0.05, 0) is 32.7 Å². The predicted molar refractivity (Wildman–Crippen MR) is 62.6 cm³/mol. The Morgan fingerprint density at radius 1 is 1.29 bits per heavy atom. The van der Waals surface area contributed by atoms with Crippen molar-refractivity contribution in [2.24, 2.45) is 0 Å². The number of amides is 1. The molecule has 17 heavy (non-hydrogen) atoms. The van der Waals surface area contributed by atoms with Crippen LogP contribution in [-0.2, 0) is 9.59 Å². The van der Waals surface area contributed by atoms with Gasteiger partial charge in [0, 0.05) is 18.1 Å². The van der Waals surface area contributed by atoms with E-state index in [1.165, 1.54) is 19.3 Å². The second kappa shape index (κ2) is 5.04. The Kier molecular flexibility index (Phi) is 3.66. The normalized spacial score (nSPS) is 33.1. The van der Waals surface area contributed by atoms with Crippen molar-refractivity contribution >= 4 is 11.9 Å². The molecule has 2 bridgehead atoms. The van der Waals surface area contributed by atoms with Gasteiger partial charge in [0.15, 0.2) is 0 Å². The molecule has 96 valence electrons. The van der Waals surface area contributed by atoms with Crippen molar-refractivity contribution in [3.05, 3.63) is 0 Å². The van der Waals surface area contributed by atoms with E-state index in [4.69, 9.17) is 5.11 Å². The Morgan fingerprint density at radius 3 is 2.41 bits per heavy atom. The van der Waals surface area contributed by atoms with E-state index in [9.17, 15) is 9.59 Å². The van der Waals surface area contributed by atoms with Gasteiger partial charge in [-0.2, -0.15) is 0 Å². The molecular weight excluding hydrogens is 220 g/mol. The molecule has 5 nitrogen and oxygen atoms in total. The summed E-state index contributed by atoms with van der Waals surface area (Å²) in [6, 6.07) is 1.27. The molecular formula is C12H20N2O3. The summed E-state index contributed by atoms with van der Waals surface area (Å²) in [4.78, 5) is 24.3. The molecule has 2 saturated heterocycles. The summed E-state index contributed by atoms with van der Waals surface area (Å²) in [7, 11) is 2.16. The highest BCUT2D eigenvalue weighted by Crippen LogP contribution is 2.32. The third kappa shape index (κ3) is 2.97. The fraction of sp³-hybridized carbons (Fsp3) is 0.833. The van der Waals surface area contributed by atoms with Gasteiger partial charge >= 0.3 is 5.97 Å². The van der Waals surface area contributed by atoms with E-state index in [0.29, 0.717) is 12.1 Å². The van der Waals surface area contributed by atoms with Gasteiger partial charge in [0.25, 0.3) is 0 Å². The lowest BCUT2D eigenvalue weighted by Crippen LogP contribution is -2.55. The largest absolute Gasteiger partial charge is 0.481 e. The topological polar surface area (TPSA) is 69.6 Å². The number of nitrogens with zero attached hydrogens (tertiary/aromatic N) is 1. The summed E-state index contributed by atoms with van der Waals surface area (Å²) >= 11 is 0. The standard InChI is InChI=1S/C12H20N2O3/c1-14-9-3-2-4-10(14)6-8(5-9)13-11(15)7-12(16)17/h8-10H,2-7H2,1H3,(H,13,15)(H,16,17). The van der Waals surface area contributed by atoms with Crippen LogP contribution >= 0.6 is 0 Å². The van der Waals surface area contributed by atoms with Crippen LogP contribution in [0, 0.1) is 0 Å². The zero-order valence-electron chi connectivity index (χ0n) is 10.2. The smallest absolute Gasteiger partial charge is 0.312 e. The van der Waals surface area contributed by atoms with E-state index in [1.54, 1.807) is 0 Å². The molecule has 0 radical (unpaired) electrons. The Balaban J connectivity index is 1.87. The number of carbonyl (C=O) groups excluding carboxylic acids is 1. The van der Waals surface area contributed by atoms with Gasteiger partial charge in [0.2, 0.25) is 5.91 Å². The molecule has 5 heteroatoms. The molecule has 0 aromatic carbocycles. The first-order valence-corrected chi connectivity index (χ1v) is 6.29. The quantitative estimate of drug-likeness (QED) is 0.708. The number of hydrogen-bond donors (Lipinski definition) is 2. The van der Waals surface area contributed by atoms with Crippen molar-refractivity contribution in [3.8, 4) is 0 Å². The highest BCUT2D eigenvalue weighted by atomic mass is 16.4. The molecule has 1 amide bonds. The van der Waals surface area contributed by atoms with Gasteiger partial charge in [-0.1, -0.05) is 6.42 Å². The Bertz CT molecular complexity index is 305. The van der Waals surface area contributed by atoms with Gasteiger partial charge in [-0.15, -0.1) is 0 Å². The van der Waals surface area contributed by atoms with Crippen LogP contribution in [-0.4, -0.2) is 47.1 Å². The minimum Gasteiger partial charge on any atom is -0.481 e. The summed E-state index contributed by atoms with van der Waals surface area (Å²) in [6.07, 6.45) is 5.16. The number of carbonyl (C=O) groups is 2. The summed E-state index contributed by atoms with van der Waals surface area (Å²) in [5.74, 6) is -1.42. The molecule has 2 aliphatic heterocycles. The number of carboxylic acids is 1. The lowest BCUT2D eigenvalue weighted by atomic mass is 9.82. The van der Waals surface area contributed by atoms with Crippen LogP contribution in [0.25, 0.3) is 0 Å². The number of hydrogen-bond acceptors (Lipinski definition) is 3.